The number of rotatable bonds is 5. The lowest BCUT2D eigenvalue weighted by Gasteiger charge is -2.22. The van der Waals surface area contributed by atoms with Crippen molar-refractivity contribution in [2.45, 2.75) is 25.1 Å². The van der Waals surface area contributed by atoms with E-state index < -0.39 is 11.6 Å². The van der Waals surface area contributed by atoms with Gasteiger partial charge in [-0.2, -0.15) is 0 Å². The summed E-state index contributed by atoms with van der Waals surface area (Å²) in [4.78, 5) is 14.4. The number of fused-ring (bicyclic) bond motifs is 1. The van der Waals surface area contributed by atoms with Crippen molar-refractivity contribution in [2.24, 2.45) is 5.92 Å². The van der Waals surface area contributed by atoms with E-state index in [4.69, 9.17) is 9.47 Å². The molecule has 7 heteroatoms. The first-order valence-electron chi connectivity index (χ1n) is 9.40. The van der Waals surface area contributed by atoms with E-state index in [-0.39, 0.29) is 36.5 Å². The van der Waals surface area contributed by atoms with Crippen molar-refractivity contribution in [1.29, 1.82) is 0 Å². The highest BCUT2D eigenvalue weighted by molar-refractivity contribution is 5.69. The van der Waals surface area contributed by atoms with Gasteiger partial charge in [-0.3, -0.25) is 0 Å². The van der Waals surface area contributed by atoms with E-state index in [0.29, 0.717) is 13.2 Å². The molecule has 1 amide bonds. The van der Waals surface area contributed by atoms with E-state index in [2.05, 4.69) is 5.32 Å². The van der Waals surface area contributed by atoms with Crippen molar-refractivity contribution in [3.63, 3.8) is 0 Å². The van der Waals surface area contributed by atoms with E-state index >= 15 is 0 Å². The summed E-state index contributed by atoms with van der Waals surface area (Å²) in [5, 5.41) is 3.42. The summed E-state index contributed by atoms with van der Waals surface area (Å²) in [5.41, 5.74) is 0.939. The summed E-state index contributed by atoms with van der Waals surface area (Å²) in [7, 11) is 0. The smallest absolute Gasteiger partial charge is 0.410 e. The first-order chi connectivity index (χ1) is 13.6. The maximum Gasteiger partial charge on any atom is 0.410 e. The van der Waals surface area contributed by atoms with E-state index in [1.54, 1.807) is 4.90 Å². The molecule has 0 aliphatic carbocycles. The van der Waals surface area contributed by atoms with Crippen LogP contribution in [0.2, 0.25) is 0 Å². The van der Waals surface area contributed by atoms with Gasteiger partial charge in [-0.25, -0.2) is 13.6 Å². The molecule has 4 rings (SSSR count). The van der Waals surface area contributed by atoms with E-state index in [9.17, 15) is 13.6 Å². The average Bonchev–Trinajstić information content (AvgIpc) is 3.31. The molecule has 2 heterocycles. The van der Waals surface area contributed by atoms with Crippen LogP contribution in [0.5, 0.6) is 5.75 Å². The van der Waals surface area contributed by atoms with Crippen LogP contribution in [0.1, 0.15) is 12.0 Å². The van der Waals surface area contributed by atoms with E-state index in [1.165, 1.54) is 6.07 Å². The highest BCUT2D eigenvalue weighted by Gasteiger charge is 2.47. The van der Waals surface area contributed by atoms with Crippen LogP contribution >= 0.6 is 0 Å². The highest BCUT2D eigenvalue weighted by Crippen LogP contribution is 2.31. The Morgan fingerprint density at radius 2 is 1.96 bits per heavy atom. The number of ether oxygens (including phenoxy) is 2. The minimum absolute atomic E-state index is 0.0462. The topological polar surface area (TPSA) is 50.8 Å². The third-order valence-corrected chi connectivity index (χ3v) is 5.37. The molecule has 2 aromatic carbocycles. The molecule has 3 atom stereocenters. The summed E-state index contributed by atoms with van der Waals surface area (Å²) >= 11 is 0. The molecule has 2 saturated heterocycles. The van der Waals surface area contributed by atoms with Gasteiger partial charge in [0.1, 0.15) is 12.4 Å². The molecule has 1 N–H and O–H groups in total. The van der Waals surface area contributed by atoms with Gasteiger partial charge in [0.2, 0.25) is 0 Å². The molecule has 5 nitrogen and oxygen atoms in total. The first-order valence-corrected chi connectivity index (χ1v) is 9.40. The van der Waals surface area contributed by atoms with Crippen molar-refractivity contribution in [1.82, 2.24) is 10.2 Å². The Balaban J connectivity index is 1.36. The fraction of sp³-hybridized carbons (Fsp3) is 0.381. The lowest BCUT2D eigenvalue weighted by atomic mass is 10.0. The second-order valence-corrected chi connectivity index (χ2v) is 7.18. The minimum atomic E-state index is -0.938. The van der Waals surface area contributed by atoms with Crippen molar-refractivity contribution in [3.8, 4) is 5.75 Å². The van der Waals surface area contributed by atoms with Gasteiger partial charge in [0.05, 0.1) is 12.6 Å². The zero-order valence-electron chi connectivity index (χ0n) is 15.3. The monoisotopic (exact) mass is 388 g/mol. The Hall–Kier alpha value is -2.67. The highest BCUT2D eigenvalue weighted by atomic mass is 19.2. The zero-order chi connectivity index (χ0) is 19.5. The Kier molecular flexibility index (Phi) is 5.43. The van der Waals surface area contributed by atoms with Gasteiger partial charge in [0.15, 0.2) is 11.6 Å². The Morgan fingerprint density at radius 3 is 2.75 bits per heavy atom. The molecule has 0 aromatic heterocycles. The standard InChI is InChI=1S/C21H22F2N2O3/c22-17-7-6-16(10-18(17)23)27-13-15-11-25(19-8-9-24-20(15)19)21(26)28-12-14-4-2-1-3-5-14/h1-7,10,15,19-20,24H,8-9,11-13H2/t15-,19?,20?/m1/s1. The molecule has 2 aromatic rings. The molecule has 148 valence electrons. The predicted molar refractivity (Wildman–Crippen MR) is 98.9 cm³/mol. The number of nitrogens with one attached hydrogen (secondary N) is 1. The number of hydrogen-bond donors (Lipinski definition) is 1. The maximum absolute atomic E-state index is 13.4. The molecular weight excluding hydrogens is 366 g/mol. The number of carbonyl (C=O) groups excluding carboxylic acids is 1. The molecular formula is C21H22F2N2O3. The number of nitrogens with zero attached hydrogens (tertiary/aromatic N) is 1. The van der Waals surface area contributed by atoms with Crippen LogP contribution in [0.4, 0.5) is 13.6 Å². The van der Waals surface area contributed by atoms with Gasteiger partial charge in [0, 0.05) is 24.6 Å². The number of amides is 1. The summed E-state index contributed by atoms with van der Waals surface area (Å²) < 4.78 is 37.6. The normalized spacial score (nSPS) is 23.5. The molecule has 2 aliphatic heterocycles. The molecule has 2 aliphatic rings. The molecule has 2 fully saturated rings. The van der Waals surface area contributed by atoms with Gasteiger partial charge in [-0.1, -0.05) is 30.3 Å². The summed E-state index contributed by atoms with van der Waals surface area (Å²) in [6, 6.07) is 13.2. The zero-order valence-corrected chi connectivity index (χ0v) is 15.3. The summed E-state index contributed by atoms with van der Waals surface area (Å²) in [5.74, 6) is -1.52. The van der Waals surface area contributed by atoms with Gasteiger partial charge in [0.25, 0.3) is 0 Å². The van der Waals surface area contributed by atoms with Crippen molar-refractivity contribution < 1.29 is 23.0 Å². The summed E-state index contributed by atoms with van der Waals surface area (Å²) in [6.45, 7) is 1.86. The van der Waals surface area contributed by atoms with E-state index in [0.717, 1.165) is 30.7 Å². The Morgan fingerprint density at radius 1 is 1.14 bits per heavy atom. The van der Waals surface area contributed by atoms with Crippen LogP contribution in [-0.2, 0) is 11.3 Å². The second-order valence-electron chi connectivity index (χ2n) is 7.18. The van der Waals surface area contributed by atoms with Gasteiger partial charge in [-0.15, -0.1) is 0 Å². The number of hydrogen-bond acceptors (Lipinski definition) is 4. The van der Waals surface area contributed by atoms with Crippen LogP contribution in [0.25, 0.3) is 0 Å². The number of likely N-dealkylation sites (tertiary alicyclic amines) is 1. The molecule has 0 saturated carbocycles. The molecule has 0 bridgehead atoms. The average molecular weight is 388 g/mol. The van der Waals surface area contributed by atoms with E-state index in [1.807, 2.05) is 30.3 Å². The number of halogens is 2. The third-order valence-electron chi connectivity index (χ3n) is 5.37. The van der Waals surface area contributed by atoms with Crippen LogP contribution < -0.4 is 10.1 Å². The second kappa shape index (κ2) is 8.14. The predicted octanol–water partition coefficient (Wildman–Crippen LogP) is 3.34. The molecule has 0 radical (unpaired) electrons. The molecule has 2 unspecified atom stereocenters. The fourth-order valence-electron chi connectivity index (χ4n) is 3.98. The minimum Gasteiger partial charge on any atom is -0.493 e. The SMILES string of the molecule is O=C(OCc1ccccc1)N1C[C@H](COc2ccc(F)c(F)c2)C2NCCC21. The van der Waals surface area contributed by atoms with Gasteiger partial charge < -0.3 is 19.7 Å². The lowest BCUT2D eigenvalue weighted by molar-refractivity contribution is 0.0908. The molecule has 0 spiro atoms. The van der Waals surface area contributed by atoms with Gasteiger partial charge in [-0.05, 0) is 30.7 Å². The molecule has 28 heavy (non-hydrogen) atoms. The quantitative estimate of drug-likeness (QED) is 0.854. The van der Waals surface area contributed by atoms with Crippen LogP contribution in [0, 0.1) is 17.6 Å². The van der Waals surface area contributed by atoms with Crippen molar-refractivity contribution in [2.75, 3.05) is 19.7 Å². The van der Waals surface area contributed by atoms with Crippen LogP contribution in [0.15, 0.2) is 48.5 Å². The Labute approximate surface area is 162 Å². The maximum atomic E-state index is 13.4. The third kappa shape index (κ3) is 3.94. The summed E-state index contributed by atoms with van der Waals surface area (Å²) in [6.07, 6.45) is 0.519. The largest absolute Gasteiger partial charge is 0.493 e. The lowest BCUT2D eigenvalue weighted by Crippen LogP contribution is -2.39. The van der Waals surface area contributed by atoms with Crippen molar-refractivity contribution in [3.05, 3.63) is 65.7 Å². The fourth-order valence-corrected chi connectivity index (χ4v) is 3.98. The Bertz CT molecular complexity index is 834. The number of carbonyl (C=O) groups is 1. The van der Waals surface area contributed by atoms with Crippen molar-refractivity contribution >= 4 is 6.09 Å². The van der Waals surface area contributed by atoms with Crippen LogP contribution in [0.3, 0.4) is 0 Å². The van der Waals surface area contributed by atoms with Gasteiger partial charge >= 0.3 is 6.09 Å². The number of benzene rings is 2. The first kappa shape index (κ1) is 18.7. The van der Waals surface area contributed by atoms with Crippen LogP contribution in [-0.4, -0.2) is 42.8 Å².